The minimum Gasteiger partial charge on any atom is -0.490 e. The largest absolute Gasteiger partial charge is 0.490 e. The van der Waals surface area contributed by atoms with Crippen molar-refractivity contribution in [2.45, 2.75) is 20.8 Å². The van der Waals surface area contributed by atoms with Crippen molar-refractivity contribution in [1.82, 2.24) is 20.0 Å². The van der Waals surface area contributed by atoms with Gasteiger partial charge in [0.25, 0.3) is 5.91 Å². The molecule has 0 bridgehead atoms. The molecule has 27 heavy (non-hydrogen) atoms. The number of ether oxygens (including phenoxy) is 2. The minimum absolute atomic E-state index is 0.00750. The monoisotopic (exact) mass is 371 g/mol. The van der Waals surface area contributed by atoms with Gasteiger partial charge in [0.05, 0.1) is 13.2 Å². The summed E-state index contributed by atoms with van der Waals surface area (Å²) < 4.78 is 18.3. The second-order valence-electron chi connectivity index (χ2n) is 5.73. The third kappa shape index (κ3) is 4.08. The van der Waals surface area contributed by atoms with Crippen molar-refractivity contribution in [3.63, 3.8) is 0 Å². The topological polar surface area (TPSA) is 104 Å². The molecule has 9 nitrogen and oxygen atoms in total. The van der Waals surface area contributed by atoms with Crippen LogP contribution in [0.4, 0.5) is 6.01 Å². The maximum atomic E-state index is 12.3. The van der Waals surface area contributed by atoms with Gasteiger partial charge in [0.2, 0.25) is 5.89 Å². The Morgan fingerprint density at radius 3 is 2.59 bits per heavy atom. The Labute approximate surface area is 156 Å². The van der Waals surface area contributed by atoms with Gasteiger partial charge in [-0.3, -0.25) is 14.8 Å². The summed E-state index contributed by atoms with van der Waals surface area (Å²) >= 11 is 0. The molecule has 9 heteroatoms. The lowest BCUT2D eigenvalue weighted by atomic mass is 10.2. The molecular weight excluding hydrogens is 350 g/mol. The van der Waals surface area contributed by atoms with Crippen molar-refractivity contribution in [2.24, 2.45) is 7.05 Å². The fraction of sp³-hybridized carbons (Fsp3) is 0.333. The molecule has 142 valence electrons. The van der Waals surface area contributed by atoms with Crippen molar-refractivity contribution < 1.29 is 18.7 Å². The molecule has 3 rings (SSSR count). The number of hydrogen-bond acceptors (Lipinski definition) is 7. The summed E-state index contributed by atoms with van der Waals surface area (Å²) in [6, 6.07) is 5.32. The van der Waals surface area contributed by atoms with E-state index in [1.54, 1.807) is 43.0 Å². The summed E-state index contributed by atoms with van der Waals surface area (Å²) in [5, 5.41) is 14.5. The quantitative estimate of drug-likeness (QED) is 0.681. The smallest absolute Gasteiger partial charge is 0.322 e. The highest BCUT2D eigenvalue weighted by Gasteiger charge is 2.18. The molecular formula is C18H21N5O4. The van der Waals surface area contributed by atoms with Gasteiger partial charge < -0.3 is 13.9 Å². The zero-order valence-corrected chi connectivity index (χ0v) is 15.6. The zero-order chi connectivity index (χ0) is 19.4. The zero-order valence-electron chi connectivity index (χ0n) is 15.6. The molecule has 1 N–H and O–H groups in total. The van der Waals surface area contributed by atoms with Crippen LogP contribution in [0.2, 0.25) is 0 Å². The van der Waals surface area contributed by atoms with Crippen LogP contribution in [0.5, 0.6) is 11.5 Å². The van der Waals surface area contributed by atoms with Crippen LogP contribution in [0.1, 0.15) is 29.9 Å². The maximum absolute atomic E-state index is 12.3. The number of aryl methyl sites for hydroxylation is 2. The van der Waals surface area contributed by atoms with Gasteiger partial charge >= 0.3 is 6.01 Å². The first kappa shape index (κ1) is 18.4. The van der Waals surface area contributed by atoms with E-state index in [9.17, 15) is 4.79 Å². The summed E-state index contributed by atoms with van der Waals surface area (Å²) in [7, 11) is 1.75. The van der Waals surface area contributed by atoms with E-state index in [1.807, 2.05) is 13.8 Å². The van der Waals surface area contributed by atoms with Crippen LogP contribution in [-0.2, 0) is 7.05 Å². The first-order valence-electron chi connectivity index (χ1n) is 8.57. The molecule has 1 aromatic carbocycles. The van der Waals surface area contributed by atoms with E-state index >= 15 is 0 Å². The first-order chi connectivity index (χ1) is 13.0. The van der Waals surface area contributed by atoms with E-state index in [1.165, 1.54) is 0 Å². The number of anilines is 1. The number of nitrogens with zero attached hydrogens (tertiary/aromatic N) is 4. The minimum atomic E-state index is -0.412. The number of carbonyl (C=O) groups excluding carboxylic acids is 1. The second kappa shape index (κ2) is 7.90. The predicted molar refractivity (Wildman–Crippen MR) is 98.0 cm³/mol. The third-order valence-corrected chi connectivity index (χ3v) is 3.66. The molecule has 0 aliphatic carbocycles. The third-order valence-electron chi connectivity index (χ3n) is 3.66. The molecule has 0 unspecified atom stereocenters. The van der Waals surface area contributed by atoms with Crippen molar-refractivity contribution in [2.75, 3.05) is 18.5 Å². The van der Waals surface area contributed by atoms with Crippen molar-refractivity contribution in [3.8, 4) is 23.0 Å². The van der Waals surface area contributed by atoms with Gasteiger partial charge in [-0.15, -0.1) is 5.10 Å². The molecule has 3 aromatic rings. The summed E-state index contributed by atoms with van der Waals surface area (Å²) in [4.78, 5) is 12.3. The van der Waals surface area contributed by atoms with Crippen molar-refractivity contribution in [3.05, 3.63) is 35.7 Å². The Balaban J connectivity index is 1.80. The number of carbonyl (C=O) groups is 1. The molecule has 0 saturated heterocycles. The average molecular weight is 371 g/mol. The highest BCUT2D eigenvalue weighted by atomic mass is 16.5. The Morgan fingerprint density at radius 2 is 1.93 bits per heavy atom. The predicted octanol–water partition coefficient (Wildman–Crippen LogP) is 2.83. The molecule has 2 aromatic heterocycles. The Hall–Kier alpha value is -3.36. The average Bonchev–Trinajstić information content (AvgIpc) is 3.23. The fourth-order valence-electron chi connectivity index (χ4n) is 2.56. The lowest BCUT2D eigenvalue weighted by Crippen LogP contribution is -2.14. The first-order valence-corrected chi connectivity index (χ1v) is 8.57. The Kier molecular flexibility index (Phi) is 5.39. The van der Waals surface area contributed by atoms with Gasteiger partial charge in [0.15, 0.2) is 17.2 Å². The van der Waals surface area contributed by atoms with E-state index in [4.69, 9.17) is 13.9 Å². The normalized spacial score (nSPS) is 10.7. The molecule has 0 aliphatic rings. The van der Waals surface area contributed by atoms with Gasteiger partial charge in [0.1, 0.15) is 0 Å². The van der Waals surface area contributed by atoms with Crippen LogP contribution in [0.25, 0.3) is 11.5 Å². The van der Waals surface area contributed by atoms with E-state index < -0.39 is 5.91 Å². The summed E-state index contributed by atoms with van der Waals surface area (Å²) in [5.74, 6) is 1.07. The van der Waals surface area contributed by atoms with Crippen LogP contribution >= 0.6 is 0 Å². The van der Waals surface area contributed by atoms with Gasteiger partial charge in [-0.05, 0) is 39.0 Å². The summed E-state index contributed by atoms with van der Waals surface area (Å²) in [6.45, 7) is 6.62. The molecule has 0 radical (unpaired) electrons. The second-order valence-corrected chi connectivity index (χ2v) is 5.73. The number of benzene rings is 1. The SMILES string of the molecule is CCOc1ccc(-c2nnc(NC(=O)c3nn(C)cc3C)o2)cc1OCC. The van der Waals surface area contributed by atoms with E-state index in [0.29, 0.717) is 36.0 Å². The van der Waals surface area contributed by atoms with Crippen molar-refractivity contribution in [1.29, 1.82) is 0 Å². The van der Waals surface area contributed by atoms with E-state index in [-0.39, 0.29) is 11.9 Å². The molecule has 0 saturated carbocycles. The van der Waals surface area contributed by atoms with Crippen LogP contribution < -0.4 is 14.8 Å². The van der Waals surface area contributed by atoms with Crippen molar-refractivity contribution >= 4 is 11.9 Å². The number of hydrogen-bond donors (Lipinski definition) is 1. The number of nitrogens with one attached hydrogen (secondary N) is 1. The van der Waals surface area contributed by atoms with Crippen LogP contribution in [0.15, 0.2) is 28.8 Å². The molecule has 0 fully saturated rings. The van der Waals surface area contributed by atoms with E-state index in [0.717, 1.165) is 5.56 Å². The van der Waals surface area contributed by atoms with Crippen LogP contribution in [0, 0.1) is 6.92 Å². The van der Waals surface area contributed by atoms with Gasteiger partial charge in [-0.1, -0.05) is 5.10 Å². The molecule has 2 heterocycles. The highest BCUT2D eigenvalue weighted by Crippen LogP contribution is 2.32. The highest BCUT2D eigenvalue weighted by molar-refractivity contribution is 6.02. The number of amides is 1. The van der Waals surface area contributed by atoms with Gasteiger partial charge in [-0.2, -0.15) is 5.10 Å². The molecule has 0 atom stereocenters. The molecule has 0 aliphatic heterocycles. The van der Waals surface area contributed by atoms with Gasteiger partial charge in [0, 0.05) is 24.4 Å². The standard InChI is InChI=1S/C18H21N5O4/c1-5-25-13-8-7-12(9-14(13)26-6-2)17-20-21-18(27-17)19-16(24)15-11(3)10-23(4)22-15/h7-10H,5-6H2,1-4H3,(H,19,21,24). The van der Waals surface area contributed by atoms with Crippen LogP contribution in [-0.4, -0.2) is 39.1 Å². The number of rotatable bonds is 7. The molecule has 1 amide bonds. The number of aromatic nitrogens is 4. The lowest BCUT2D eigenvalue weighted by molar-refractivity contribution is 0.101. The summed E-state index contributed by atoms with van der Waals surface area (Å²) in [6.07, 6.45) is 1.75. The summed E-state index contributed by atoms with van der Waals surface area (Å²) in [5.41, 5.74) is 1.71. The lowest BCUT2D eigenvalue weighted by Gasteiger charge is -2.11. The van der Waals surface area contributed by atoms with E-state index in [2.05, 4.69) is 20.6 Å². The maximum Gasteiger partial charge on any atom is 0.322 e. The van der Waals surface area contributed by atoms with Gasteiger partial charge in [-0.25, -0.2) is 0 Å². The van der Waals surface area contributed by atoms with Crippen LogP contribution in [0.3, 0.4) is 0 Å². The Bertz CT molecular complexity index is 947. The Morgan fingerprint density at radius 1 is 1.19 bits per heavy atom. The fourth-order valence-corrected chi connectivity index (χ4v) is 2.56. The molecule has 0 spiro atoms.